The first-order chi connectivity index (χ1) is 23.8. The summed E-state index contributed by atoms with van der Waals surface area (Å²) in [5, 5.41) is 7.02. The lowest BCUT2D eigenvalue weighted by Crippen LogP contribution is -2.33. The van der Waals surface area contributed by atoms with E-state index in [0.717, 1.165) is 66.7 Å². The summed E-state index contributed by atoms with van der Waals surface area (Å²) in [5.74, 6) is 1.43. The third-order valence-corrected chi connectivity index (χ3v) is 8.82. The van der Waals surface area contributed by atoms with Crippen molar-refractivity contribution in [2.24, 2.45) is 9.98 Å². The summed E-state index contributed by atoms with van der Waals surface area (Å²) < 4.78 is 0. The summed E-state index contributed by atoms with van der Waals surface area (Å²) >= 11 is 0. The molecular formula is C42H28N6. The summed E-state index contributed by atoms with van der Waals surface area (Å²) in [7, 11) is 0. The van der Waals surface area contributed by atoms with Gasteiger partial charge in [0.15, 0.2) is 5.84 Å². The van der Waals surface area contributed by atoms with Gasteiger partial charge in [0, 0.05) is 40.7 Å². The summed E-state index contributed by atoms with van der Waals surface area (Å²) in [5.41, 5.74) is 9.68. The Morgan fingerprint density at radius 2 is 1.21 bits per heavy atom. The van der Waals surface area contributed by atoms with Gasteiger partial charge in [0.25, 0.3) is 0 Å². The van der Waals surface area contributed by atoms with Crippen LogP contribution in [0.4, 0.5) is 0 Å². The summed E-state index contributed by atoms with van der Waals surface area (Å²) in [4.78, 5) is 24.4. The van der Waals surface area contributed by atoms with Gasteiger partial charge in [0.05, 0.1) is 16.6 Å². The van der Waals surface area contributed by atoms with E-state index in [1.165, 1.54) is 10.8 Å². The van der Waals surface area contributed by atoms with E-state index in [4.69, 9.17) is 15.0 Å². The third kappa shape index (κ3) is 5.06. The average molecular weight is 617 g/mol. The molecule has 0 fully saturated rings. The number of hydrogen-bond acceptors (Lipinski definition) is 6. The van der Waals surface area contributed by atoms with Crippen molar-refractivity contribution in [1.82, 2.24) is 20.3 Å². The highest BCUT2D eigenvalue weighted by atomic mass is 15.2. The van der Waals surface area contributed by atoms with Crippen LogP contribution in [-0.4, -0.2) is 26.6 Å². The van der Waals surface area contributed by atoms with Crippen molar-refractivity contribution in [3.05, 3.63) is 175 Å². The minimum atomic E-state index is -0.305. The molecule has 0 bridgehead atoms. The normalized spacial score (nSPS) is 14.5. The molecular weight excluding hydrogens is 589 g/mol. The molecule has 8 aromatic rings. The van der Waals surface area contributed by atoms with E-state index in [-0.39, 0.29) is 6.17 Å². The van der Waals surface area contributed by atoms with Crippen LogP contribution in [0.3, 0.4) is 0 Å². The minimum Gasteiger partial charge on any atom is -0.344 e. The highest BCUT2D eigenvalue weighted by Crippen LogP contribution is 2.36. The van der Waals surface area contributed by atoms with Gasteiger partial charge in [0.2, 0.25) is 0 Å². The highest BCUT2D eigenvalue weighted by molar-refractivity contribution is 6.14. The van der Waals surface area contributed by atoms with Crippen LogP contribution in [0.5, 0.6) is 0 Å². The van der Waals surface area contributed by atoms with E-state index in [2.05, 4.69) is 112 Å². The largest absolute Gasteiger partial charge is 0.344 e. The van der Waals surface area contributed by atoms with Crippen molar-refractivity contribution in [3.63, 3.8) is 0 Å². The fourth-order valence-electron chi connectivity index (χ4n) is 6.47. The predicted octanol–water partition coefficient (Wildman–Crippen LogP) is 9.16. The number of aromatic nitrogens is 3. The molecule has 1 aliphatic rings. The van der Waals surface area contributed by atoms with Gasteiger partial charge in [-0.05, 0) is 75.5 Å². The molecule has 1 aliphatic heterocycles. The van der Waals surface area contributed by atoms with Crippen LogP contribution in [0.1, 0.15) is 22.9 Å². The second kappa shape index (κ2) is 11.7. The smallest absolute Gasteiger partial charge is 0.159 e. The van der Waals surface area contributed by atoms with Crippen molar-refractivity contribution in [2.45, 2.75) is 6.17 Å². The van der Waals surface area contributed by atoms with Crippen LogP contribution in [0.15, 0.2) is 168 Å². The van der Waals surface area contributed by atoms with Gasteiger partial charge >= 0.3 is 0 Å². The molecule has 0 aliphatic carbocycles. The molecule has 0 saturated heterocycles. The molecule has 0 amide bonds. The number of fused-ring (bicyclic) bond motifs is 4. The maximum absolute atomic E-state index is 5.15. The molecule has 48 heavy (non-hydrogen) atoms. The molecule has 0 saturated carbocycles. The monoisotopic (exact) mass is 616 g/mol. The van der Waals surface area contributed by atoms with Gasteiger partial charge in [-0.1, -0.05) is 97.1 Å². The van der Waals surface area contributed by atoms with E-state index in [0.29, 0.717) is 5.84 Å². The Hall–Kier alpha value is -6.53. The molecule has 9 rings (SSSR count). The lowest BCUT2D eigenvalue weighted by atomic mass is 9.93. The topological polar surface area (TPSA) is 75.4 Å². The van der Waals surface area contributed by atoms with Crippen molar-refractivity contribution in [3.8, 4) is 22.3 Å². The molecule has 0 spiro atoms. The molecule has 0 radical (unpaired) electrons. The number of hydrogen-bond donors (Lipinski definition) is 1. The standard InChI is InChI=1S/C42H28N6/c1-3-11-28(12-4-1)40-46-41(29-13-5-2-6-14-29)48-42(47-40)34-24-32(31-18-17-27-10-7-8-15-30(27)22-31)23-33(25-34)36-26-37-39(45-21-20-43-37)35-16-9-19-44-38(35)36/h1-26,40H,(H,46,47,48). The first-order valence-electron chi connectivity index (χ1n) is 15.9. The summed E-state index contributed by atoms with van der Waals surface area (Å²) in [6.07, 6.45) is 5.00. The van der Waals surface area contributed by atoms with Gasteiger partial charge < -0.3 is 5.32 Å². The van der Waals surface area contributed by atoms with Crippen LogP contribution in [0.25, 0.3) is 55.0 Å². The summed E-state index contributed by atoms with van der Waals surface area (Å²) in [6, 6.07) is 48.3. The van der Waals surface area contributed by atoms with Crippen LogP contribution >= 0.6 is 0 Å². The molecule has 1 unspecified atom stereocenters. The van der Waals surface area contributed by atoms with E-state index >= 15 is 0 Å². The zero-order chi connectivity index (χ0) is 31.9. The second-order valence-corrected chi connectivity index (χ2v) is 11.8. The number of nitrogens with zero attached hydrogens (tertiary/aromatic N) is 5. The molecule has 6 heteroatoms. The highest BCUT2D eigenvalue weighted by Gasteiger charge is 2.22. The molecule has 2 aromatic heterocycles. The molecule has 6 nitrogen and oxygen atoms in total. The molecule has 1 atom stereocenters. The van der Waals surface area contributed by atoms with Crippen molar-refractivity contribution >= 4 is 44.4 Å². The van der Waals surface area contributed by atoms with Crippen LogP contribution in [-0.2, 0) is 0 Å². The van der Waals surface area contributed by atoms with Gasteiger partial charge in [-0.15, -0.1) is 0 Å². The second-order valence-electron chi connectivity index (χ2n) is 11.8. The van der Waals surface area contributed by atoms with Gasteiger partial charge in [0.1, 0.15) is 12.0 Å². The molecule has 226 valence electrons. The zero-order valence-electron chi connectivity index (χ0n) is 25.8. The average Bonchev–Trinajstić information content (AvgIpc) is 3.17. The lowest BCUT2D eigenvalue weighted by molar-refractivity contribution is 0.674. The SMILES string of the molecule is c1ccc(C2=NC(c3ccccc3)NC(c3cc(-c4ccc5ccccc5c4)cc(-c4cc5nccnc5c5cccnc45)c3)=N2)cc1. The minimum absolute atomic E-state index is 0.305. The zero-order valence-corrected chi connectivity index (χ0v) is 25.8. The van der Waals surface area contributed by atoms with Gasteiger partial charge in [-0.3, -0.25) is 15.0 Å². The van der Waals surface area contributed by atoms with Crippen molar-refractivity contribution < 1.29 is 0 Å². The van der Waals surface area contributed by atoms with Crippen LogP contribution in [0.2, 0.25) is 0 Å². The van der Waals surface area contributed by atoms with Crippen LogP contribution in [0, 0.1) is 0 Å². The quantitative estimate of drug-likeness (QED) is 0.196. The Morgan fingerprint density at radius 1 is 0.479 bits per heavy atom. The van der Waals surface area contributed by atoms with Crippen molar-refractivity contribution in [2.75, 3.05) is 0 Å². The van der Waals surface area contributed by atoms with Gasteiger partial charge in [-0.25, -0.2) is 9.98 Å². The number of pyridine rings is 1. The van der Waals surface area contributed by atoms with E-state index in [9.17, 15) is 0 Å². The molecule has 6 aromatic carbocycles. The van der Waals surface area contributed by atoms with Crippen molar-refractivity contribution in [1.29, 1.82) is 0 Å². The van der Waals surface area contributed by atoms with Crippen LogP contribution < -0.4 is 5.32 Å². The number of amidine groups is 2. The molecule has 1 N–H and O–H groups in total. The Kier molecular flexibility index (Phi) is 6.75. The third-order valence-electron chi connectivity index (χ3n) is 8.82. The molecule has 3 heterocycles. The summed E-state index contributed by atoms with van der Waals surface area (Å²) in [6.45, 7) is 0. The number of aliphatic imine (C=N–C) groups is 2. The Morgan fingerprint density at radius 3 is 2.08 bits per heavy atom. The Bertz CT molecular complexity index is 2540. The Balaban J connectivity index is 1.28. The number of rotatable bonds is 5. The lowest BCUT2D eigenvalue weighted by Gasteiger charge is -2.24. The fourth-order valence-corrected chi connectivity index (χ4v) is 6.47. The number of benzene rings is 6. The predicted molar refractivity (Wildman–Crippen MR) is 195 cm³/mol. The van der Waals surface area contributed by atoms with Gasteiger partial charge in [-0.2, -0.15) is 0 Å². The maximum atomic E-state index is 5.15. The van der Waals surface area contributed by atoms with E-state index in [1.807, 2.05) is 48.7 Å². The first-order valence-corrected chi connectivity index (χ1v) is 15.9. The van der Waals surface area contributed by atoms with E-state index in [1.54, 1.807) is 12.4 Å². The maximum Gasteiger partial charge on any atom is 0.159 e. The number of nitrogens with one attached hydrogen (secondary N) is 1. The van der Waals surface area contributed by atoms with E-state index < -0.39 is 0 Å². The Labute approximate surface area is 277 Å². The fraction of sp³-hybridized carbons (Fsp3) is 0.0238. The first kappa shape index (κ1) is 27.8.